The Kier molecular flexibility index (Phi) is 3.55. The Morgan fingerprint density at radius 1 is 1.42 bits per heavy atom. The quantitative estimate of drug-likeness (QED) is 0.618. The lowest BCUT2D eigenvalue weighted by Crippen LogP contribution is -1.99. The van der Waals surface area contributed by atoms with E-state index in [4.69, 9.17) is 4.74 Å². The van der Waals surface area contributed by atoms with Crippen molar-refractivity contribution in [2.45, 2.75) is 12.5 Å². The Balaban J connectivity index is 2.72. The fourth-order valence-electron chi connectivity index (χ4n) is 1.19. The van der Waals surface area contributed by atoms with Crippen molar-refractivity contribution in [1.29, 1.82) is 0 Å². The van der Waals surface area contributed by atoms with Crippen LogP contribution in [0.15, 0.2) is 43.0 Å². The van der Waals surface area contributed by atoms with Crippen molar-refractivity contribution in [2.24, 2.45) is 0 Å². The molecule has 0 fully saturated rings. The Hall–Kier alpha value is -1.08. The molecule has 0 saturated heterocycles. The molecule has 0 N–H and O–H groups in total. The maximum atomic E-state index is 5.31. The molecule has 12 heavy (non-hydrogen) atoms. The highest BCUT2D eigenvalue weighted by atomic mass is 16.5. The summed E-state index contributed by atoms with van der Waals surface area (Å²) in [6, 6.07) is 10.2. The van der Waals surface area contributed by atoms with Gasteiger partial charge in [0.2, 0.25) is 0 Å². The fourth-order valence-corrected chi connectivity index (χ4v) is 1.19. The van der Waals surface area contributed by atoms with E-state index in [1.54, 1.807) is 7.11 Å². The number of methoxy groups -OCH3 is 1. The molecular formula is C11H14O. The molecule has 1 atom stereocenters. The fraction of sp³-hybridized carbons (Fsp3) is 0.273. The first-order chi connectivity index (χ1) is 5.88. The van der Waals surface area contributed by atoms with Gasteiger partial charge < -0.3 is 4.74 Å². The predicted octanol–water partition coefficient (Wildman–Crippen LogP) is 2.95. The van der Waals surface area contributed by atoms with Gasteiger partial charge in [0.1, 0.15) is 0 Å². The van der Waals surface area contributed by atoms with Crippen molar-refractivity contribution in [2.75, 3.05) is 7.11 Å². The maximum Gasteiger partial charge on any atom is 0.0855 e. The molecule has 1 unspecified atom stereocenters. The summed E-state index contributed by atoms with van der Waals surface area (Å²) in [7, 11) is 1.72. The predicted molar refractivity (Wildman–Crippen MR) is 51.0 cm³/mol. The largest absolute Gasteiger partial charge is 0.376 e. The molecule has 0 spiro atoms. The zero-order valence-electron chi connectivity index (χ0n) is 7.36. The summed E-state index contributed by atoms with van der Waals surface area (Å²) in [5.74, 6) is 0. The average molecular weight is 162 g/mol. The summed E-state index contributed by atoms with van der Waals surface area (Å²) in [6.07, 6.45) is 2.89. The van der Waals surface area contributed by atoms with Crippen LogP contribution >= 0.6 is 0 Å². The van der Waals surface area contributed by atoms with Gasteiger partial charge in [-0.05, 0) is 12.0 Å². The molecule has 0 aliphatic rings. The first-order valence-corrected chi connectivity index (χ1v) is 4.07. The first kappa shape index (κ1) is 9.01. The second-order valence-corrected chi connectivity index (χ2v) is 2.66. The Bertz CT molecular complexity index is 228. The van der Waals surface area contributed by atoms with Gasteiger partial charge >= 0.3 is 0 Å². The maximum absolute atomic E-state index is 5.31. The third-order valence-electron chi connectivity index (χ3n) is 1.84. The third-order valence-corrected chi connectivity index (χ3v) is 1.84. The van der Waals surface area contributed by atoms with E-state index in [-0.39, 0.29) is 6.10 Å². The van der Waals surface area contributed by atoms with Gasteiger partial charge in [-0.25, -0.2) is 0 Å². The second kappa shape index (κ2) is 4.73. The minimum Gasteiger partial charge on any atom is -0.376 e. The summed E-state index contributed by atoms with van der Waals surface area (Å²) >= 11 is 0. The van der Waals surface area contributed by atoms with E-state index in [1.165, 1.54) is 5.56 Å². The van der Waals surface area contributed by atoms with Gasteiger partial charge in [-0.1, -0.05) is 36.4 Å². The van der Waals surface area contributed by atoms with Crippen molar-refractivity contribution in [3.8, 4) is 0 Å². The van der Waals surface area contributed by atoms with Crippen LogP contribution in [0.4, 0.5) is 0 Å². The molecule has 0 radical (unpaired) electrons. The van der Waals surface area contributed by atoms with Gasteiger partial charge in [0.25, 0.3) is 0 Å². The smallest absolute Gasteiger partial charge is 0.0855 e. The molecular weight excluding hydrogens is 148 g/mol. The molecule has 1 nitrogen and oxygen atoms in total. The van der Waals surface area contributed by atoms with Crippen LogP contribution in [-0.2, 0) is 4.74 Å². The molecule has 1 aromatic rings. The van der Waals surface area contributed by atoms with E-state index in [9.17, 15) is 0 Å². The molecule has 64 valence electrons. The molecule has 0 heterocycles. The van der Waals surface area contributed by atoms with Crippen LogP contribution in [0.25, 0.3) is 0 Å². The van der Waals surface area contributed by atoms with Gasteiger partial charge in [0.15, 0.2) is 0 Å². The van der Waals surface area contributed by atoms with Gasteiger partial charge in [-0.2, -0.15) is 0 Å². The highest BCUT2D eigenvalue weighted by Gasteiger charge is 2.05. The van der Waals surface area contributed by atoms with E-state index in [0.29, 0.717) is 0 Å². The number of hydrogen-bond acceptors (Lipinski definition) is 1. The zero-order valence-corrected chi connectivity index (χ0v) is 7.36. The Morgan fingerprint density at radius 2 is 2.08 bits per heavy atom. The van der Waals surface area contributed by atoms with Crippen LogP contribution in [0.5, 0.6) is 0 Å². The lowest BCUT2D eigenvalue weighted by Gasteiger charge is -2.12. The zero-order chi connectivity index (χ0) is 8.81. The van der Waals surface area contributed by atoms with Crippen LogP contribution in [-0.4, -0.2) is 7.11 Å². The molecule has 0 amide bonds. The summed E-state index contributed by atoms with van der Waals surface area (Å²) in [4.78, 5) is 0. The summed E-state index contributed by atoms with van der Waals surface area (Å²) in [6.45, 7) is 3.69. The number of rotatable bonds is 4. The molecule has 1 heteroatoms. The standard InChI is InChI=1S/C11H14O/c1-3-7-11(12-2)10-8-5-4-6-9-10/h3-6,8-9,11H,1,7H2,2H3. The van der Waals surface area contributed by atoms with Crippen LogP contribution in [0.1, 0.15) is 18.1 Å². The molecule has 1 rings (SSSR count). The van der Waals surface area contributed by atoms with E-state index < -0.39 is 0 Å². The Morgan fingerprint density at radius 3 is 2.58 bits per heavy atom. The van der Waals surface area contributed by atoms with Gasteiger partial charge in [0.05, 0.1) is 6.10 Å². The minimum atomic E-state index is 0.156. The highest BCUT2D eigenvalue weighted by molar-refractivity contribution is 5.18. The van der Waals surface area contributed by atoms with Crippen molar-refractivity contribution >= 4 is 0 Å². The van der Waals surface area contributed by atoms with Crippen LogP contribution < -0.4 is 0 Å². The van der Waals surface area contributed by atoms with Crippen LogP contribution in [0.3, 0.4) is 0 Å². The van der Waals surface area contributed by atoms with Crippen molar-refractivity contribution in [1.82, 2.24) is 0 Å². The number of ether oxygens (including phenoxy) is 1. The average Bonchev–Trinajstić information content (AvgIpc) is 2.15. The summed E-state index contributed by atoms with van der Waals surface area (Å²) in [5, 5.41) is 0. The van der Waals surface area contributed by atoms with Crippen LogP contribution in [0.2, 0.25) is 0 Å². The SMILES string of the molecule is C=CCC(OC)c1ccccc1. The first-order valence-electron chi connectivity index (χ1n) is 4.07. The summed E-state index contributed by atoms with van der Waals surface area (Å²) in [5.41, 5.74) is 1.21. The molecule has 0 bridgehead atoms. The monoisotopic (exact) mass is 162 g/mol. The summed E-state index contributed by atoms with van der Waals surface area (Å²) < 4.78 is 5.31. The second-order valence-electron chi connectivity index (χ2n) is 2.66. The third kappa shape index (κ3) is 2.21. The number of benzene rings is 1. The molecule has 0 aromatic heterocycles. The normalized spacial score (nSPS) is 12.4. The van der Waals surface area contributed by atoms with Crippen molar-refractivity contribution in [3.63, 3.8) is 0 Å². The van der Waals surface area contributed by atoms with E-state index in [1.807, 2.05) is 24.3 Å². The van der Waals surface area contributed by atoms with Gasteiger partial charge in [-0.3, -0.25) is 0 Å². The topological polar surface area (TPSA) is 9.23 Å². The molecule has 0 saturated carbocycles. The molecule has 1 aromatic carbocycles. The molecule has 0 aliphatic heterocycles. The van der Waals surface area contributed by atoms with E-state index in [2.05, 4.69) is 18.7 Å². The van der Waals surface area contributed by atoms with Crippen molar-refractivity contribution in [3.05, 3.63) is 48.6 Å². The number of hydrogen-bond donors (Lipinski definition) is 0. The molecule has 0 aliphatic carbocycles. The lowest BCUT2D eigenvalue weighted by molar-refractivity contribution is 0.106. The highest BCUT2D eigenvalue weighted by Crippen LogP contribution is 2.19. The van der Waals surface area contributed by atoms with E-state index >= 15 is 0 Å². The van der Waals surface area contributed by atoms with Gasteiger partial charge in [-0.15, -0.1) is 6.58 Å². The van der Waals surface area contributed by atoms with Crippen molar-refractivity contribution < 1.29 is 4.74 Å². The van der Waals surface area contributed by atoms with E-state index in [0.717, 1.165) is 6.42 Å². The Labute approximate surface area is 73.7 Å². The minimum absolute atomic E-state index is 0.156. The van der Waals surface area contributed by atoms with Crippen LogP contribution in [0, 0.1) is 0 Å². The lowest BCUT2D eigenvalue weighted by atomic mass is 10.1. The van der Waals surface area contributed by atoms with Gasteiger partial charge in [0, 0.05) is 7.11 Å².